The van der Waals surface area contributed by atoms with Crippen molar-refractivity contribution in [2.24, 2.45) is 0 Å². The number of rotatable bonds is 3. The van der Waals surface area contributed by atoms with Crippen LogP contribution in [-0.4, -0.2) is 22.8 Å². The molecule has 0 saturated carbocycles. The summed E-state index contributed by atoms with van der Waals surface area (Å²) in [5.41, 5.74) is 0.956. The molecule has 0 aliphatic carbocycles. The molecule has 2 aromatic carbocycles. The number of phenolic OH excluding ortho intramolecular Hbond substituents is 1. The molecule has 5 heteroatoms. The zero-order valence-corrected chi connectivity index (χ0v) is 11.5. The Hall–Kier alpha value is -2.69. The highest BCUT2D eigenvalue weighted by atomic mass is 16.5. The van der Waals surface area contributed by atoms with Crippen molar-refractivity contribution in [3.63, 3.8) is 0 Å². The molecule has 1 unspecified atom stereocenters. The summed E-state index contributed by atoms with van der Waals surface area (Å²) in [5.74, 6) is -0.588. The highest BCUT2D eigenvalue weighted by Gasteiger charge is 2.48. The van der Waals surface area contributed by atoms with Crippen LogP contribution in [0.3, 0.4) is 0 Å². The Balaban J connectivity index is 2.03. The number of carboxylic acid groups (broad SMARTS) is 1. The number of phenols is 1. The third-order valence-electron chi connectivity index (χ3n) is 3.64. The van der Waals surface area contributed by atoms with Gasteiger partial charge in [0.15, 0.2) is 5.54 Å². The van der Waals surface area contributed by atoms with Gasteiger partial charge in [0, 0.05) is 17.3 Å². The predicted molar refractivity (Wildman–Crippen MR) is 77.7 cm³/mol. The number of hydrogen-bond acceptors (Lipinski definition) is 4. The average molecular weight is 285 g/mol. The molecule has 1 heterocycles. The molecule has 0 spiro atoms. The lowest BCUT2D eigenvalue weighted by Gasteiger charge is -2.25. The van der Waals surface area contributed by atoms with E-state index in [0.717, 1.165) is 5.56 Å². The fraction of sp³-hybridized carbons (Fsp3) is 0.188. The highest BCUT2D eigenvalue weighted by Crippen LogP contribution is 2.41. The van der Waals surface area contributed by atoms with E-state index >= 15 is 0 Å². The molecule has 0 bridgehead atoms. The Morgan fingerprint density at radius 1 is 1.24 bits per heavy atom. The lowest BCUT2D eigenvalue weighted by molar-refractivity contribution is -0.143. The van der Waals surface area contributed by atoms with Gasteiger partial charge in [0.1, 0.15) is 18.1 Å². The summed E-state index contributed by atoms with van der Waals surface area (Å²) in [4.78, 5) is 11.8. The summed E-state index contributed by atoms with van der Waals surface area (Å²) in [5, 5.41) is 22.2. The number of aryl methyl sites for hydroxylation is 1. The van der Waals surface area contributed by atoms with Crippen LogP contribution in [0.1, 0.15) is 11.1 Å². The first-order valence-corrected chi connectivity index (χ1v) is 6.56. The van der Waals surface area contributed by atoms with Crippen molar-refractivity contribution in [2.45, 2.75) is 12.5 Å². The Morgan fingerprint density at radius 3 is 2.62 bits per heavy atom. The maximum atomic E-state index is 11.8. The minimum atomic E-state index is -1.35. The number of benzene rings is 2. The zero-order chi connectivity index (χ0) is 15.0. The molecule has 0 aromatic heterocycles. The molecular formula is C16H15NO4. The number of hydrogen-bond donors (Lipinski definition) is 3. The number of carboxylic acids is 1. The van der Waals surface area contributed by atoms with Crippen molar-refractivity contribution in [3.05, 3.63) is 53.6 Å². The van der Waals surface area contributed by atoms with E-state index in [2.05, 4.69) is 5.32 Å². The number of aromatic hydroxyl groups is 1. The number of aliphatic carboxylic acids is 1. The normalized spacial score (nSPS) is 19.7. The third kappa shape index (κ3) is 2.16. The summed E-state index contributed by atoms with van der Waals surface area (Å²) in [6.07, 6.45) is 0. The van der Waals surface area contributed by atoms with Gasteiger partial charge in [-0.2, -0.15) is 0 Å². The standard InChI is InChI=1S/C16H15NO4/c1-10-2-4-11(5-3-10)17-16(15(19)20)9-21-14-8-12(18)6-7-13(14)16/h2-8,17-18H,9H2,1H3,(H,19,20). The predicted octanol–water partition coefficient (Wildman–Crippen LogP) is 2.49. The van der Waals surface area contributed by atoms with Crippen molar-refractivity contribution < 1.29 is 19.7 Å². The van der Waals surface area contributed by atoms with E-state index in [1.165, 1.54) is 12.1 Å². The van der Waals surface area contributed by atoms with Crippen LogP contribution in [0.4, 0.5) is 5.69 Å². The van der Waals surface area contributed by atoms with E-state index in [1.807, 2.05) is 31.2 Å². The first kappa shape index (κ1) is 13.3. The molecule has 1 aliphatic heterocycles. The van der Waals surface area contributed by atoms with E-state index in [1.54, 1.807) is 6.07 Å². The Kier molecular flexibility index (Phi) is 2.97. The molecule has 5 nitrogen and oxygen atoms in total. The number of carbonyl (C=O) groups is 1. The Morgan fingerprint density at radius 2 is 1.95 bits per heavy atom. The van der Waals surface area contributed by atoms with Gasteiger partial charge in [-0.15, -0.1) is 0 Å². The minimum Gasteiger partial charge on any atom is -0.508 e. The zero-order valence-electron chi connectivity index (χ0n) is 11.5. The van der Waals surface area contributed by atoms with Gasteiger partial charge in [-0.3, -0.25) is 0 Å². The number of ether oxygens (including phenoxy) is 1. The number of fused-ring (bicyclic) bond motifs is 1. The average Bonchev–Trinajstić information content (AvgIpc) is 2.81. The second kappa shape index (κ2) is 4.70. The summed E-state index contributed by atoms with van der Waals surface area (Å²) in [7, 11) is 0. The van der Waals surface area contributed by atoms with E-state index < -0.39 is 11.5 Å². The van der Waals surface area contributed by atoms with E-state index in [0.29, 0.717) is 17.0 Å². The van der Waals surface area contributed by atoms with E-state index in [9.17, 15) is 15.0 Å². The van der Waals surface area contributed by atoms with Crippen molar-refractivity contribution in [1.82, 2.24) is 0 Å². The smallest absolute Gasteiger partial charge is 0.337 e. The molecule has 0 saturated heterocycles. The van der Waals surface area contributed by atoms with Crippen LogP contribution in [0.25, 0.3) is 0 Å². The van der Waals surface area contributed by atoms with E-state index in [4.69, 9.17) is 4.74 Å². The summed E-state index contributed by atoms with van der Waals surface area (Å²) < 4.78 is 5.45. The molecule has 3 N–H and O–H groups in total. The second-order valence-corrected chi connectivity index (χ2v) is 5.17. The van der Waals surface area contributed by atoms with Crippen LogP contribution in [-0.2, 0) is 10.3 Å². The minimum absolute atomic E-state index is 0.0327. The molecule has 21 heavy (non-hydrogen) atoms. The Labute approximate surface area is 121 Å². The van der Waals surface area contributed by atoms with Gasteiger partial charge in [0.25, 0.3) is 0 Å². The molecule has 3 rings (SSSR count). The van der Waals surface area contributed by atoms with Gasteiger partial charge in [0.05, 0.1) is 0 Å². The molecule has 0 fully saturated rings. The summed E-state index contributed by atoms with van der Waals surface area (Å²) in [6, 6.07) is 11.9. The molecule has 1 aliphatic rings. The highest BCUT2D eigenvalue weighted by molar-refractivity contribution is 5.87. The molecular weight excluding hydrogens is 270 g/mol. The fourth-order valence-electron chi connectivity index (χ4n) is 2.46. The van der Waals surface area contributed by atoms with Crippen LogP contribution >= 0.6 is 0 Å². The van der Waals surface area contributed by atoms with Gasteiger partial charge in [-0.25, -0.2) is 4.79 Å². The molecule has 0 radical (unpaired) electrons. The molecule has 2 aromatic rings. The summed E-state index contributed by atoms with van der Waals surface area (Å²) >= 11 is 0. The van der Waals surface area contributed by atoms with Crippen LogP contribution in [0, 0.1) is 6.92 Å². The fourth-order valence-corrected chi connectivity index (χ4v) is 2.46. The molecule has 1 atom stereocenters. The van der Waals surface area contributed by atoms with Crippen molar-refractivity contribution in [1.29, 1.82) is 0 Å². The maximum Gasteiger partial charge on any atom is 0.337 e. The summed E-state index contributed by atoms with van der Waals surface area (Å²) in [6.45, 7) is 1.93. The monoisotopic (exact) mass is 285 g/mol. The third-order valence-corrected chi connectivity index (χ3v) is 3.64. The Bertz CT molecular complexity index is 696. The van der Waals surface area contributed by atoms with Crippen LogP contribution in [0.2, 0.25) is 0 Å². The van der Waals surface area contributed by atoms with Crippen molar-refractivity contribution in [2.75, 3.05) is 11.9 Å². The van der Waals surface area contributed by atoms with Crippen molar-refractivity contribution in [3.8, 4) is 11.5 Å². The lowest BCUT2D eigenvalue weighted by atomic mass is 9.91. The number of nitrogens with one attached hydrogen (secondary N) is 1. The lowest BCUT2D eigenvalue weighted by Crippen LogP contribution is -2.45. The van der Waals surface area contributed by atoms with Gasteiger partial charge in [-0.1, -0.05) is 17.7 Å². The van der Waals surface area contributed by atoms with Crippen LogP contribution in [0.5, 0.6) is 11.5 Å². The van der Waals surface area contributed by atoms with Crippen LogP contribution < -0.4 is 10.1 Å². The number of anilines is 1. The first-order chi connectivity index (χ1) is 10.0. The van der Waals surface area contributed by atoms with Gasteiger partial charge >= 0.3 is 5.97 Å². The van der Waals surface area contributed by atoms with Gasteiger partial charge in [-0.05, 0) is 31.2 Å². The largest absolute Gasteiger partial charge is 0.508 e. The van der Waals surface area contributed by atoms with E-state index in [-0.39, 0.29) is 12.4 Å². The first-order valence-electron chi connectivity index (χ1n) is 6.56. The van der Waals surface area contributed by atoms with Crippen LogP contribution in [0.15, 0.2) is 42.5 Å². The topological polar surface area (TPSA) is 78.8 Å². The van der Waals surface area contributed by atoms with Gasteiger partial charge in [0.2, 0.25) is 0 Å². The maximum absolute atomic E-state index is 11.8. The quantitative estimate of drug-likeness (QED) is 0.807. The molecule has 108 valence electrons. The van der Waals surface area contributed by atoms with Gasteiger partial charge < -0.3 is 20.3 Å². The van der Waals surface area contributed by atoms with Crippen molar-refractivity contribution >= 4 is 11.7 Å². The second-order valence-electron chi connectivity index (χ2n) is 5.17. The molecule has 0 amide bonds. The SMILES string of the molecule is Cc1ccc(NC2(C(=O)O)COc3cc(O)ccc32)cc1.